The number of amides is 1. The SMILES string of the molecule is O=C1CCCN1CCOc1cc(Cl)nc2c1CCOC21CCOC1. The van der Waals surface area contributed by atoms with E-state index in [9.17, 15) is 4.79 Å². The Balaban J connectivity index is 1.53. The summed E-state index contributed by atoms with van der Waals surface area (Å²) in [6, 6.07) is 1.76. The second-order valence-electron chi connectivity index (χ2n) is 6.50. The summed E-state index contributed by atoms with van der Waals surface area (Å²) >= 11 is 6.22. The third-order valence-electron chi connectivity index (χ3n) is 4.99. The van der Waals surface area contributed by atoms with E-state index in [2.05, 4.69) is 4.98 Å². The van der Waals surface area contributed by atoms with Crippen LogP contribution in [0.2, 0.25) is 5.15 Å². The summed E-state index contributed by atoms with van der Waals surface area (Å²) in [5.41, 5.74) is 1.43. The van der Waals surface area contributed by atoms with Crippen molar-refractivity contribution in [2.45, 2.75) is 31.3 Å². The summed E-state index contributed by atoms with van der Waals surface area (Å²) in [5, 5.41) is 0.401. The fourth-order valence-electron chi connectivity index (χ4n) is 3.74. The number of likely N-dealkylation sites (tertiary alicyclic amines) is 1. The Bertz CT molecular complexity index is 646. The van der Waals surface area contributed by atoms with E-state index in [1.807, 2.05) is 4.90 Å². The molecule has 4 heterocycles. The van der Waals surface area contributed by atoms with Gasteiger partial charge in [-0.25, -0.2) is 4.98 Å². The summed E-state index contributed by atoms with van der Waals surface area (Å²) in [6.07, 6.45) is 3.12. The van der Waals surface area contributed by atoms with Crippen LogP contribution in [0.4, 0.5) is 0 Å². The number of aromatic nitrogens is 1. The maximum Gasteiger partial charge on any atom is 0.222 e. The van der Waals surface area contributed by atoms with Crippen molar-refractivity contribution in [3.8, 4) is 5.75 Å². The molecule has 1 amide bonds. The number of rotatable bonds is 4. The van der Waals surface area contributed by atoms with Crippen molar-refractivity contribution in [3.63, 3.8) is 0 Å². The van der Waals surface area contributed by atoms with Gasteiger partial charge in [-0.05, 0) is 6.42 Å². The predicted molar refractivity (Wildman–Crippen MR) is 87.3 cm³/mol. The molecule has 2 fully saturated rings. The van der Waals surface area contributed by atoms with Crippen molar-refractivity contribution in [3.05, 3.63) is 22.5 Å². The van der Waals surface area contributed by atoms with Crippen LogP contribution in [0.5, 0.6) is 5.75 Å². The van der Waals surface area contributed by atoms with Gasteiger partial charge in [0.2, 0.25) is 5.91 Å². The molecule has 1 spiro atoms. The Kier molecular flexibility index (Phi) is 4.37. The fraction of sp³-hybridized carbons (Fsp3) is 0.647. The smallest absolute Gasteiger partial charge is 0.222 e. The van der Waals surface area contributed by atoms with E-state index in [0.717, 1.165) is 42.8 Å². The number of pyridine rings is 1. The summed E-state index contributed by atoms with van der Waals surface area (Å²) < 4.78 is 17.5. The first-order valence-corrected chi connectivity index (χ1v) is 8.88. The standard InChI is InChI=1S/C17H21ClN2O4/c18-14-10-13(23-9-6-20-5-1-2-15(20)21)12-3-7-24-17(16(12)19-14)4-8-22-11-17/h10H,1-9,11H2. The number of fused-ring (bicyclic) bond motifs is 2. The van der Waals surface area contributed by atoms with Gasteiger partial charge in [-0.1, -0.05) is 11.6 Å². The predicted octanol–water partition coefficient (Wildman–Crippen LogP) is 1.92. The zero-order chi connectivity index (χ0) is 16.6. The molecule has 1 aromatic rings. The number of carbonyl (C=O) groups excluding carboxylic acids is 1. The summed E-state index contributed by atoms with van der Waals surface area (Å²) in [5.74, 6) is 0.968. The number of nitrogens with zero attached hydrogens (tertiary/aromatic N) is 2. The van der Waals surface area contributed by atoms with Gasteiger partial charge in [-0.2, -0.15) is 0 Å². The van der Waals surface area contributed by atoms with Gasteiger partial charge in [0.25, 0.3) is 0 Å². The minimum absolute atomic E-state index is 0.212. The zero-order valence-electron chi connectivity index (χ0n) is 13.6. The molecule has 4 rings (SSSR count). The highest BCUT2D eigenvalue weighted by atomic mass is 35.5. The molecule has 0 aliphatic carbocycles. The number of ether oxygens (including phenoxy) is 3. The lowest BCUT2D eigenvalue weighted by Crippen LogP contribution is -2.37. The number of hydrogen-bond donors (Lipinski definition) is 0. The maximum atomic E-state index is 11.7. The molecule has 130 valence electrons. The Hall–Kier alpha value is -1.37. The lowest BCUT2D eigenvalue weighted by molar-refractivity contribution is -0.128. The Morgan fingerprint density at radius 3 is 3.04 bits per heavy atom. The van der Waals surface area contributed by atoms with E-state index in [1.54, 1.807) is 6.07 Å². The molecule has 3 aliphatic heterocycles. The van der Waals surface area contributed by atoms with Gasteiger partial charge in [0, 0.05) is 44.0 Å². The minimum Gasteiger partial charge on any atom is -0.491 e. The second-order valence-corrected chi connectivity index (χ2v) is 6.89. The summed E-state index contributed by atoms with van der Waals surface area (Å²) in [7, 11) is 0. The van der Waals surface area contributed by atoms with Crippen molar-refractivity contribution >= 4 is 17.5 Å². The van der Waals surface area contributed by atoms with Gasteiger partial charge in [0.1, 0.15) is 23.1 Å². The van der Waals surface area contributed by atoms with Crippen LogP contribution in [0.3, 0.4) is 0 Å². The Morgan fingerprint density at radius 2 is 2.29 bits per heavy atom. The highest BCUT2D eigenvalue weighted by Crippen LogP contribution is 2.42. The van der Waals surface area contributed by atoms with Crippen molar-refractivity contribution in [2.75, 3.05) is 39.5 Å². The van der Waals surface area contributed by atoms with E-state index >= 15 is 0 Å². The third-order valence-corrected chi connectivity index (χ3v) is 5.18. The van der Waals surface area contributed by atoms with Crippen LogP contribution in [-0.2, 0) is 26.3 Å². The van der Waals surface area contributed by atoms with Crippen molar-refractivity contribution < 1.29 is 19.0 Å². The molecule has 0 aromatic carbocycles. The molecule has 24 heavy (non-hydrogen) atoms. The van der Waals surface area contributed by atoms with Gasteiger partial charge in [-0.3, -0.25) is 4.79 Å². The van der Waals surface area contributed by atoms with Crippen molar-refractivity contribution in [1.82, 2.24) is 9.88 Å². The normalized spacial score (nSPS) is 26.2. The average Bonchev–Trinajstić information content (AvgIpc) is 3.19. The highest BCUT2D eigenvalue weighted by molar-refractivity contribution is 6.29. The van der Waals surface area contributed by atoms with E-state index < -0.39 is 5.60 Å². The van der Waals surface area contributed by atoms with Crippen LogP contribution in [0.1, 0.15) is 30.5 Å². The molecule has 0 saturated carbocycles. The molecule has 1 atom stereocenters. The van der Waals surface area contributed by atoms with Crippen LogP contribution in [0, 0.1) is 0 Å². The van der Waals surface area contributed by atoms with Gasteiger partial charge < -0.3 is 19.1 Å². The molecule has 0 radical (unpaired) electrons. The molecule has 1 unspecified atom stereocenters. The van der Waals surface area contributed by atoms with Crippen LogP contribution < -0.4 is 4.74 Å². The van der Waals surface area contributed by atoms with Crippen molar-refractivity contribution in [1.29, 1.82) is 0 Å². The highest BCUT2D eigenvalue weighted by Gasteiger charge is 2.44. The molecular formula is C17H21ClN2O4. The summed E-state index contributed by atoms with van der Waals surface area (Å²) in [6.45, 7) is 3.70. The molecule has 1 aromatic heterocycles. The quantitative estimate of drug-likeness (QED) is 0.775. The lowest BCUT2D eigenvalue weighted by atomic mass is 9.90. The Labute approximate surface area is 146 Å². The minimum atomic E-state index is -0.485. The van der Waals surface area contributed by atoms with Crippen LogP contribution >= 0.6 is 11.6 Å². The maximum absolute atomic E-state index is 11.7. The number of carbonyl (C=O) groups is 1. The van der Waals surface area contributed by atoms with Gasteiger partial charge in [0.05, 0.1) is 25.5 Å². The van der Waals surface area contributed by atoms with E-state index in [-0.39, 0.29) is 5.91 Å². The fourth-order valence-corrected chi connectivity index (χ4v) is 3.92. The second kappa shape index (κ2) is 6.50. The molecule has 3 aliphatic rings. The zero-order valence-corrected chi connectivity index (χ0v) is 14.3. The first-order chi connectivity index (χ1) is 11.7. The van der Waals surface area contributed by atoms with E-state index in [1.165, 1.54) is 0 Å². The van der Waals surface area contributed by atoms with Crippen molar-refractivity contribution in [2.24, 2.45) is 0 Å². The molecule has 0 bridgehead atoms. The van der Waals surface area contributed by atoms with Crippen LogP contribution in [0.25, 0.3) is 0 Å². The first kappa shape index (κ1) is 16.1. The topological polar surface area (TPSA) is 60.9 Å². The molecular weight excluding hydrogens is 332 g/mol. The summed E-state index contributed by atoms with van der Waals surface area (Å²) in [4.78, 5) is 18.1. The molecule has 7 heteroatoms. The molecule has 0 N–H and O–H groups in total. The lowest BCUT2D eigenvalue weighted by Gasteiger charge is -2.34. The van der Waals surface area contributed by atoms with Gasteiger partial charge >= 0.3 is 0 Å². The number of hydrogen-bond acceptors (Lipinski definition) is 5. The monoisotopic (exact) mass is 352 g/mol. The third kappa shape index (κ3) is 2.87. The van der Waals surface area contributed by atoms with E-state index in [4.69, 9.17) is 25.8 Å². The molecule has 6 nitrogen and oxygen atoms in total. The largest absolute Gasteiger partial charge is 0.491 e. The Morgan fingerprint density at radius 1 is 1.38 bits per heavy atom. The average molecular weight is 353 g/mol. The molecule has 2 saturated heterocycles. The van der Waals surface area contributed by atoms with Crippen LogP contribution in [-0.4, -0.2) is 55.3 Å². The first-order valence-electron chi connectivity index (χ1n) is 8.50. The van der Waals surface area contributed by atoms with Crippen LogP contribution in [0.15, 0.2) is 6.07 Å². The van der Waals surface area contributed by atoms with Gasteiger partial charge in [-0.15, -0.1) is 0 Å². The van der Waals surface area contributed by atoms with E-state index in [0.29, 0.717) is 44.5 Å². The van der Waals surface area contributed by atoms with Gasteiger partial charge in [0.15, 0.2) is 0 Å². The number of halogens is 1.